The van der Waals surface area contributed by atoms with Crippen molar-refractivity contribution in [2.75, 3.05) is 13.2 Å². The molecule has 6 nitrogen and oxygen atoms in total. The second-order valence-electron chi connectivity index (χ2n) is 8.17. The van der Waals surface area contributed by atoms with Gasteiger partial charge >= 0.3 is 0 Å². The highest BCUT2D eigenvalue weighted by atomic mass is 16.5. The molecule has 1 aliphatic heterocycles. The Morgan fingerprint density at radius 3 is 2.48 bits per heavy atom. The zero-order valence-electron chi connectivity index (χ0n) is 18.2. The molecule has 1 fully saturated rings. The molecule has 164 valence electrons. The van der Waals surface area contributed by atoms with E-state index < -0.39 is 17.7 Å². The minimum absolute atomic E-state index is 0.0489. The van der Waals surface area contributed by atoms with Gasteiger partial charge in [-0.05, 0) is 42.2 Å². The summed E-state index contributed by atoms with van der Waals surface area (Å²) in [4.78, 5) is 27.3. The first-order valence-corrected chi connectivity index (χ1v) is 10.6. The average molecular weight is 424 g/mol. The van der Waals surface area contributed by atoms with Crippen LogP contribution in [0.3, 0.4) is 0 Å². The second-order valence-corrected chi connectivity index (χ2v) is 8.17. The predicted octanol–water partition coefficient (Wildman–Crippen LogP) is 4.65. The monoisotopic (exact) mass is 423 g/mol. The summed E-state index contributed by atoms with van der Waals surface area (Å²) in [6.07, 6.45) is 1.60. The Balaban J connectivity index is 2.07. The number of carbonyl (C=O) groups is 2. The average Bonchev–Trinajstić information content (AvgIpc) is 3.01. The first-order chi connectivity index (χ1) is 14.8. The smallest absolute Gasteiger partial charge is 0.295 e. The third-order valence-corrected chi connectivity index (χ3v) is 5.19. The van der Waals surface area contributed by atoms with Crippen LogP contribution in [0.1, 0.15) is 50.8 Å². The van der Waals surface area contributed by atoms with Crippen LogP contribution in [0, 0.1) is 5.92 Å². The van der Waals surface area contributed by atoms with Gasteiger partial charge in [0.2, 0.25) is 0 Å². The van der Waals surface area contributed by atoms with Crippen molar-refractivity contribution in [2.45, 2.75) is 39.7 Å². The van der Waals surface area contributed by atoms with E-state index in [0.29, 0.717) is 35.9 Å². The number of aromatic hydroxyl groups is 1. The van der Waals surface area contributed by atoms with Gasteiger partial charge in [-0.15, -0.1) is 0 Å². The fourth-order valence-electron chi connectivity index (χ4n) is 3.59. The molecule has 0 aliphatic carbocycles. The summed E-state index contributed by atoms with van der Waals surface area (Å²) in [6, 6.07) is 12.5. The van der Waals surface area contributed by atoms with Crippen LogP contribution in [0.5, 0.6) is 11.5 Å². The molecule has 1 atom stereocenters. The lowest BCUT2D eigenvalue weighted by atomic mass is 9.95. The Morgan fingerprint density at radius 1 is 1.13 bits per heavy atom. The maximum absolute atomic E-state index is 13.0. The van der Waals surface area contributed by atoms with E-state index in [4.69, 9.17) is 4.74 Å². The van der Waals surface area contributed by atoms with E-state index in [1.807, 2.05) is 20.8 Å². The van der Waals surface area contributed by atoms with Gasteiger partial charge in [0.15, 0.2) is 0 Å². The second kappa shape index (κ2) is 9.69. The Labute approximate surface area is 182 Å². The van der Waals surface area contributed by atoms with Crippen molar-refractivity contribution in [3.63, 3.8) is 0 Å². The molecule has 2 aromatic carbocycles. The highest BCUT2D eigenvalue weighted by Gasteiger charge is 2.45. The third kappa shape index (κ3) is 4.90. The number of aliphatic hydroxyl groups is 1. The number of ketones is 1. The van der Waals surface area contributed by atoms with Crippen LogP contribution in [0.25, 0.3) is 5.76 Å². The number of ether oxygens (including phenoxy) is 1. The number of rotatable bonds is 8. The molecule has 0 spiro atoms. The summed E-state index contributed by atoms with van der Waals surface area (Å²) in [7, 11) is 0. The minimum Gasteiger partial charge on any atom is -0.508 e. The standard InChI is InChI=1S/C25H29NO5/c1-4-5-13-26-22(17-9-11-19(27)12-10-17)21(24(29)25(26)30)23(28)18-7-6-8-20(14-18)31-15-16(2)3/h6-12,14,16,22,27-28H,4-5,13,15H2,1-3H3/b23-21-. The molecule has 2 aromatic rings. The van der Waals surface area contributed by atoms with E-state index in [-0.39, 0.29) is 17.1 Å². The molecule has 1 unspecified atom stereocenters. The van der Waals surface area contributed by atoms with Gasteiger partial charge in [0.25, 0.3) is 11.7 Å². The van der Waals surface area contributed by atoms with E-state index >= 15 is 0 Å². The number of aliphatic hydroxyl groups excluding tert-OH is 1. The van der Waals surface area contributed by atoms with Crippen LogP contribution < -0.4 is 4.74 Å². The van der Waals surface area contributed by atoms with E-state index in [1.165, 1.54) is 17.0 Å². The Hall–Kier alpha value is -3.28. The quantitative estimate of drug-likeness (QED) is 0.367. The Morgan fingerprint density at radius 2 is 1.84 bits per heavy atom. The summed E-state index contributed by atoms with van der Waals surface area (Å²) in [5.74, 6) is -0.551. The van der Waals surface area contributed by atoms with E-state index in [0.717, 1.165) is 12.8 Å². The van der Waals surface area contributed by atoms with Gasteiger partial charge in [0.1, 0.15) is 17.3 Å². The molecule has 1 amide bonds. The van der Waals surface area contributed by atoms with Crippen molar-refractivity contribution in [1.82, 2.24) is 4.90 Å². The van der Waals surface area contributed by atoms with Crippen LogP contribution >= 0.6 is 0 Å². The van der Waals surface area contributed by atoms with Crippen molar-refractivity contribution in [2.24, 2.45) is 5.92 Å². The molecular formula is C25H29NO5. The SMILES string of the molecule is CCCCN1C(=O)C(=O)/C(=C(\O)c2cccc(OCC(C)C)c2)C1c1ccc(O)cc1. The molecule has 0 aromatic heterocycles. The molecular weight excluding hydrogens is 394 g/mol. The maximum Gasteiger partial charge on any atom is 0.295 e. The van der Waals surface area contributed by atoms with Crippen molar-refractivity contribution in [1.29, 1.82) is 0 Å². The van der Waals surface area contributed by atoms with Gasteiger partial charge in [-0.2, -0.15) is 0 Å². The van der Waals surface area contributed by atoms with Crippen molar-refractivity contribution in [3.8, 4) is 11.5 Å². The first-order valence-electron chi connectivity index (χ1n) is 10.6. The van der Waals surface area contributed by atoms with Crippen LogP contribution in [-0.4, -0.2) is 40.0 Å². The molecule has 3 rings (SSSR count). The maximum atomic E-state index is 13.0. The summed E-state index contributed by atoms with van der Waals surface area (Å²) in [6.45, 7) is 7.02. The largest absolute Gasteiger partial charge is 0.508 e. The van der Waals surface area contributed by atoms with E-state index in [1.54, 1.807) is 36.4 Å². The molecule has 6 heteroatoms. The first kappa shape index (κ1) is 22.4. The number of unbranched alkanes of at least 4 members (excludes halogenated alkanes) is 1. The summed E-state index contributed by atoms with van der Waals surface area (Å²) < 4.78 is 5.74. The molecule has 31 heavy (non-hydrogen) atoms. The lowest BCUT2D eigenvalue weighted by Crippen LogP contribution is -2.30. The van der Waals surface area contributed by atoms with Crippen molar-refractivity contribution in [3.05, 3.63) is 65.2 Å². The fraction of sp³-hybridized carbons (Fsp3) is 0.360. The van der Waals surface area contributed by atoms with E-state index in [9.17, 15) is 19.8 Å². The summed E-state index contributed by atoms with van der Waals surface area (Å²) in [5.41, 5.74) is 1.12. The lowest BCUT2D eigenvalue weighted by molar-refractivity contribution is -0.139. The van der Waals surface area contributed by atoms with Gasteiger partial charge in [-0.25, -0.2) is 0 Å². The zero-order valence-corrected chi connectivity index (χ0v) is 18.2. The van der Waals surface area contributed by atoms with E-state index in [2.05, 4.69) is 0 Å². The highest BCUT2D eigenvalue weighted by Crippen LogP contribution is 2.40. The van der Waals surface area contributed by atoms with Crippen LogP contribution in [0.4, 0.5) is 0 Å². The number of phenols is 1. The number of hydrogen-bond acceptors (Lipinski definition) is 5. The van der Waals surface area contributed by atoms with Gasteiger partial charge < -0.3 is 19.8 Å². The van der Waals surface area contributed by atoms with Gasteiger partial charge in [0.05, 0.1) is 18.2 Å². The van der Waals surface area contributed by atoms with Crippen LogP contribution in [0.15, 0.2) is 54.1 Å². The van der Waals surface area contributed by atoms with Crippen LogP contribution in [-0.2, 0) is 9.59 Å². The number of Topliss-reactive ketones (excluding diaryl/α,β-unsaturated/α-hetero) is 1. The number of benzene rings is 2. The minimum atomic E-state index is -0.715. The Bertz CT molecular complexity index is 978. The predicted molar refractivity (Wildman–Crippen MR) is 119 cm³/mol. The molecule has 0 bridgehead atoms. The highest BCUT2D eigenvalue weighted by molar-refractivity contribution is 6.46. The summed E-state index contributed by atoms with van der Waals surface area (Å²) in [5, 5.41) is 20.8. The number of carbonyl (C=O) groups excluding carboxylic acids is 2. The van der Waals surface area contributed by atoms with Crippen LogP contribution in [0.2, 0.25) is 0 Å². The summed E-state index contributed by atoms with van der Waals surface area (Å²) >= 11 is 0. The number of phenolic OH excluding ortho intramolecular Hbond substituents is 1. The molecule has 0 radical (unpaired) electrons. The van der Waals surface area contributed by atoms with Crippen molar-refractivity contribution >= 4 is 17.4 Å². The van der Waals surface area contributed by atoms with Gasteiger partial charge in [-0.3, -0.25) is 9.59 Å². The van der Waals surface area contributed by atoms with Crippen molar-refractivity contribution < 1.29 is 24.5 Å². The number of amides is 1. The fourth-order valence-corrected chi connectivity index (χ4v) is 3.59. The number of hydrogen-bond donors (Lipinski definition) is 2. The third-order valence-electron chi connectivity index (χ3n) is 5.19. The number of nitrogens with zero attached hydrogens (tertiary/aromatic N) is 1. The molecule has 0 saturated carbocycles. The molecule has 1 aliphatic rings. The van der Waals surface area contributed by atoms with Gasteiger partial charge in [0, 0.05) is 12.1 Å². The molecule has 1 heterocycles. The van der Waals surface area contributed by atoms with Gasteiger partial charge in [-0.1, -0.05) is 51.5 Å². The lowest BCUT2D eigenvalue weighted by Gasteiger charge is -2.25. The number of likely N-dealkylation sites (tertiary alicyclic amines) is 1. The molecule has 2 N–H and O–H groups in total. The topological polar surface area (TPSA) is 87.1 Å². The normalized spacial score (nSPS) is 18.1. The zero-order chi connectivity index (χ0) is 22.5. The molecule has 1 saturated heterocycles. The Kier molecular flexibility index (Phi) is 7.00.